The van der Waals surface area contributed by atoms with Crippen LogP contribution in [-0.4, -0.2) is 43.9 Å². The fourth-order valence-corrected chi connectivity index (χ4v) is 5.62. The van der Waals surface area contributed by atoms with Crippen LogP contribution in [-0.2, 0) is 17.6 Å². The van der Waals surface area contributed by atoms with Gasteiger partial charge in [-0.15, -0.1) is 0 Å². The van der Waals surface area contributed by atoms with Gasteiger partial charge in [-0.25, -0.2) is 0 Å². The second-order valence-corrected chi connectivity index (χ2v) is 12.0. The summed E-state index contributed by atoms with van der Waals surface area (Å²) in [5.74, 6) is 1.17. The van der Waals surface area contributed by atoms with Gasteiger partial charge < -0.3 is 14.5 Å². The first kappa shape index (κ1) is 31.0. The first-order chi connectivity index (χ1) is 20.1. The molecule has 0 N–H and O–H groups in total. The van der Waals surface area contributed by atoms with Crippen molar-refractivity contribution in [3.63, 3.8) is 0 Å². The third kappa shape index (κ3) is 7.10. The Morgan fingerprint density at radius 3 is 2.48 bits per heavy atom. The van der Waals surface area contributed by atoms with Crippen molar-refractivity contribution >= 4 is 23.1 Å². The first-order valence-electron chi connectivity index (χ1n) is 15.1. The molecule has 2 aromatic carbocycles. The first-order valence-corrected chi connectivity index (χ1v) is 15.1. The molecule has 0 bridgehead atoms. The molecule has 2 aliphatic rings. The number of piperidine rings is 1. The molecule has 5 rings (SSSR count). The Hall–Kier alpha value is -3.93. The molecule has 6 heteroatoms. The highest BCUT2D eigenvalue weighted by molar-refractivity contribution is 6.08. The molecule has 0 spiro atoms. The Morgan fingerprint density at radius 1 is 1.07 bits per heavy atom. The minimum Gasteiger partial charge on any atom is -0.496 e. The van der Waals surface area contributed by atoms with Crippen molar-refractivity contribution in [3.8, 4) is 5.75 Å². The molecule has 0 unspecified atom stereocenters. The summed E-state index contributed by atoms with van der Waals surface area (Å²) in [4.78, 5) is 34.4. The fraction of sp³-hybridized carbons (Fsp3) is 0.417. The van der Waals surface area contributed by atoms with Crippen LogP contribution in [0, 0.1) is 11.3 Å². The Morgan fingerprint density at radius 2 is 1.79 bits per heavy atom. The highest BCUT2D eigenvalue weighted by Gasteiger charge is 2.26. The highest BCUT2D eigenvalue weighted by Crippen LogP contribution is 2.33. The lowest BCUT2D eigenvalue weighted by Gasteiger charge is -2.33. The van der Waals surface area contributed by atoms with Crippen LogP contribution >= 0.6 is 0 Å². The maximum atomic E-state index is 13.0. The number of allylic oxidation sites excluding steroid dienone is 2. The van der Waals surface area contributed by atoms with E-state index in [4.69, 9.17) is 9.72 Å². The zero-order valence-electron chi connectivity index (χ0n) is 26.2. The third-order valence-corrected chi connectivity index (χ3v) is 7.97. The number of ether oxygens (including phenoxy) is 1. The van der Waals surface area contributed by atoms with Crippen LogP contribution in [0.15, 0.2) is 66.9 Å². The minimum atomic E-state index is -0.00377. The lowest BCUT2D eigenvalue weighted by atomic mass is 9.89. The number of anilines is 2. The van der Waals surface area contributed by atoms with E-state index in [1.807, 2.05) is 57.4 Å². The summed E-state index contributed by atoms with van der Waals surface area (Å²) in [6.45, 7) is 12.0. The molecule has 0 atom stereocenters. The SMILES string of the molecule is CC.COc1cc(N2CCC(C(=O)/C=C\C(C)(C)C)CC2)ccc1Cc1cc2c(cn1)N(C)C(=O)c1ccccc1C2.[HH]. The summed E-state index contributed by atoms with van der Waals surface area (Å²) in [5, 5.41) is 0. The van der Waals surface area contributed by atoms with Gasteiger partial charge in [0.2, 0.25) is 0 Å². The van der Waals surface area contributed by atoms with E-state index in [9.17, 15) is 9.59 Å². The van der Waals surface area contributed by atoms with E-state index >= 15 is 0 Å². The van der Waals surface area contributed by atoms with Crippen LogP contribution in [0.5, 0.6) is 5.75 Å². The number of carbonyl (C=O) groups excluding carboxylic acids is 2. The van der Waals surface area contributed by atoms with Gasteiger partial charge in [0, 0.05) is 68.9 Å². The van der Waals surface area contributed by atoms with Crippen molar-refractivity contribution < 1.29 is 15.8 Å². The Labute approximate surface area is 252 Å². The minimum absolute atomic E-state index is 0. The molecular weight excluding hydrogens is 522 g/mol. The maximum Gasteiger partial charge on any atom is 0.258 e. The van der Waals surface area contributed by atoms with Gasteiger partial charge in [0.05, 0.1) is 19.0 Å². The average Bonchev–Trinajstić information content (AvgIpc) is 3.10. The molecule has 6 nitrogen and oxygen atoms in total. The van der Waals surface area contributed by atoms with Crippen molar-refractivity contribution in [2.45, 2.75) is 60.3 Å². The van der Waals surface area contributed by atoms with E-state index in [0.717, 1.165) is 71.0 Å². The lowest BCUT2D eigenvalue weighted by Crippen LogP contribution is -2.36. The summed E-state index contributed by atoms with van der Waals surface area (Å²) in [5.41, 5.74) is 6.86. The highest BCUT2D eigenvalue weighted by atomic mass is 16.5. The van der Waals surface area contributed by atoms with Crippen molar-refractivity contribution in [2.24, 2.45) is 11.3 Å². The third-order valence-electron chi connectivity index (χ3n) is 7.97. The molecule has 0 saturated carbocycles. The smallest absolute Gasteiger partial charge is 0.258 e. The van der Waals surface area contributed by atoms with Gasteiger partial charge in [0.1, 0.15) is 5.75 Å². The summed E-state index contributed by atoms with van der Waals surface area (Å²) < 4.78 is 5.81. The largest absolute Gasteiger partial charge is 0.496 e. The monoisotopic (exact) mass is 569 g/mol. The Bertz CT molecular complexity index is 1450. The number of rotatable bonds is 6. The molecule has 3 heterocycles. The molecule has 2 aliphatic heterocycles. The van der Waals surface area contributed by atoms with Crippen molar-refractivity contribution in [1.82, 2.24) is 4.98 Å². The second-order valence-electron chi connectivity index (χ2n) is 12.0. The maximum absolute atomic E-state index is 13.0. The fourth-order valence-electron chi connectivity index (χ4n) is 5.62. The Kier molecular flexibility index (Phi) is 9.87. The van der Waals surface area contributed by atoms with Gasteiger partial charge in [-0.05, 0) is 53.7 Å². The van der Waals surface area contributed by atoms with Gasteiger partial charge >= 0.3 is 0 Å². The van der Waals surface area contributed by atoms with E-state index in [-0.39, 0.29) is 24.4 Å². The number of nitrogens with zero attached hydrogens (tertiary/aromatic N) is 3. The molecule has 224 valence electrons. The number of methoxy groups -OCH3 is 1. The van der Waals surface area contributed by atoms with Gasteiger partial charge in [-0.2, -0.15) is 0 Å². The Balaban J connectivity index is 0.00000165. The number of ketones is 1. The van der Waals surface area contributed by atoms with E-state index in [2.05, 4.69) is 49.9 Å². The number of fused-ring (bicyclic) bond motifs is 2. The topological polar surface area (TPSA) is 62.7 Å². The van der Waals surface area contributed by atoms with Gasteiger partial charge in [0.15, 0.2) is 5.78 Å². The summed E-state index contributed by atoms with van der Waals surface area (Å²) >= 11 is 0. The number of aromatic nitrogens is 1. The van der Waals surface area contributed by atoms with Crippen LogP contribution in [0.3, 0.4) is 0 Å². The number of hydrogen-bond donors (Lipinski definition) is 0. The van der Waals surface area contributed by atoms with E-state index < -0.39 is 0 Å². The second kappa shape index (κ2) is 13.4. The molecule has 1 amide bonds. The van der Waals surface area contributed by atoms with Gasteiger partial charge in [-0.1, -0.05) is 65.0 Å². The normalized spacial score (nSPS) is 15.5. The predicted octanol–water partition coefficient (Wildman–Crippen LogP) is 7.52. The summed E-state index contributed by atoms with van der Waals surface area (Å²) in [6.07, 6.45) is 8.65. The molecule has 0 aliphatic carbocycles. The molecule has 1 saturated heterocycles. The van der Waals surface area contributed by atoms with Crippen LogP contribution in [0.25, 0.3) is 0 Å². The van der Waals surface area contributed by atoms with Crippen LogP contribution in [0.2, 0.25) is 0 Å². The number of hydrogen-bond acceptors (Lipinski definition) is 5. The zero-order valence-corrected chi connectivity index (χ0v) is 26.2. The van der Waals surface area contributed by atoms with Crippen molar-refractivity contribution in [1.29, 1.82) is 0 Å². The summed E-state index contributed by atoms with van der Waals surface area (Å²) in [6, 6.07) is 16.3. The van der Waals surface area contributed by atoms with Crippen LogP contribution < -0.4 is 14.5 Å². The van der Waals surface area contributed by atoms with Crippen molar-refractivity contribution in [2.75, 3.05) is 37.0 Å². The van der Waals surface area contributed by atoms with Crippen molar-refractivity contribution in [3.05, 3.63) is 94.8 Å². The van der Waals surface area contributed by atoms with Gasteiger partial charge in [0.25, 0.3) is 5.91 Å². The number of amides is 1. The number of carbonyl (C=O) groups is 2. The number of benzene rings is 2. The van der Waals surface area contributed by atoms with Crippen LogP contribution in [0.4, 0.5) is 11.4 Å². The zero-order chi connectivity index (χ0) is 30.4. The van der Waals surface area contributed by atoms with Crippen LogP contribution in [0.1, 0.15) is 81.6 Å². The molecular formula is C36H47N3O3. The summed E-state index contributed by atoms with van der Waals surface area (Å²) in [7, 11) is 3.52. The van der Waals surface area contributed by atoms with E-state index in [0.29, 0.717) is 12.8 Å². The van der Waals surface area contributed by atoms with E-state index in [1.54, 1.807) is 18.1 Å². The molecule has 0 radical (unpaired) electrons. The standard InChI is InChI=1S/C34H39N3O3.C2H6.H2/c1-34(2,3)15-12-31(38)23-13-16-37(17-14-23)28-11-10-25(32(21-28)40-5)19-27-20-26-18-24-8-6-7-9-29(24)33(39)36(4)30(26)22-35-27;1-2;/h6-12,15,20-23H,13-14,16-19H2,1-5H3;1-2H3;1H/b15-12-;;. The number of pyridine rings is 1. The van der Waals surface area contributed by atoms with E-state index in [1.165, 1.54) is 0 Å². The quantitative estimate of drug-likeness (QED) is 0.287. The lowest BCUT2D eigenvalue weighted by molar-refractivity contribution is -0.118. The molecule has 1 fully saturated rings. The molecule has 1 aromatic heterocycles. The molecule has 3 aromatic rings. The van der Waals surface area contributed by atoms with Gasteiger partial charge in [-0.3, -0.25) is 14.6 Å². The molecule has 42 heavy (non-hydrogen) atoms. The average molecular weight is 570 g/mol. The predicted molar refractivity (Wildman–Crippen MR) is 174 cm³/mol.